The molecule has 25 heavy (non-hydrogen) atoms. The Kier molecular flexibility index (Phi) is 6.85. The highest BCUT2D eigenvalue weighted by Crippen LogP contribution is 2.31. The van der Waals surface area contributed by atoms with Gasteiger partial charge in [-0.25, -0.2) is 0 Å². The van der Waals surface area contributed by atoms with Crippen molar-refractivity contribution in [1.82, 2.24) is 5.32 Å². The predicted molar refractivity (Wildman–Crippen MR) is 97.6 cm³/mol. The summed E-state index contributed by atoms with van der Waals surface area (Å²) in [6.45, 7) is 6.44. The molecule has 0 amide bonds. The number of hydrogen-bond donors (Lipinski definition) is 3. The third-order valence-corrected chi connectivity index (χ3v) is 4.65. The number of benzene rings is 1. The van der Waals surface area contributed by atoms with E-state index in [0.717, 1.165) is 6.42 Å². The van der Waals surface area contributed by atoms with Gasteiger partial charge >= 0.3 is 5.97 Å². The lowest BCUT2D eigenvalue weighted by molar-refractivity contribution is -0.134. The summed E-state index contributed by atoms with van der Waals surface area (Å²) in [4.78, 5) is 12.0. The minimum Gasteiger partial charge on any atom is -0.504 e. The van der Waals surface area contributed by atoms with Gasteiger partial charge in [0.1, 0.15) is 0 Å². The molecule has 1 aromatic rings. The van der Waals surface area contributed by atoms with Crippen LogP contribution in [0, 0.1) is 5.92 Å². The van der Waals surface area contributed by atoms with E-state index in [1.54, 1.807) is 12.1 Å². The van der Waals surface area contributed by atoms with Gasteiger partial charge in [-0.05, 0) is 50.8 Å². The standard InChI is InChI=1S/C20H31NO4/c1-20(2,3)21-13-17(23)15-9-10-18(16(22)12-15)25-19(24)11-8-14-6-4-5-7-14/h9-10,12,14,17,21-23H,4-8,11,13H2,1-3H3. The van der Waals surface area contributed by atoms with Gasteiger partial charge in [0, 0.05) is 18.5 Å². The minimum atomic E-state index is -0.739. The van der Waals surface area contributed by atoms with Crippen molar-refractivity contribution in [3.63, 3.8) is 0 Å². The smallest absolute Gasteiger partial charge is 0.311 e. The molecule has 5 nitrogen and oxygen atoms in total. The lowest BCUT2D eigenvalue weighted by Crippen LogP contribution is -2.38. The van der Waals surface area contributed by atoms with Gasteiger partial charge in [-0.15, -0.1) is 0 Å². The number of rotatable bonds is 7. The maximum absolute atomic E-state index is 12.0. The molecule has 0 aromatic heterocycles. The maximum atomic E-state index is 12.0. The average molecular weight is 349 g/mol. The summed E-state index contributed by atoms with van der Waals surface area (Å²) in [5, 5.41) is 23.5. The molecule has 0 spiro atoms. The minimum absolute atomic E-state index is 0.0994. The third kappa shape index (κ3) is 6.67. The summed E-state index contributed by atoms with van der Waals surface area (Å²) in [5.74, 6) is 0.344. The molecule has 140 valence electrons. The summed E-state index contributed by atoms with van der Waals surface area (Å²) in [5.41, 5.74) is 0.484. The molecule has 0 aliphatic heterocycles. The van der Waals surface area contributed by atoms with Crippen LogP contribution in [0.15, 0.2) is 18.2 Å². The van der Waals surface area contributed by atoms with Gasteiger partial charge < -0.3 is 20.3 Å². The zero-order valence-electron chi connectivity index (χ0n) is 15.5. The van der Waals surface area contributed by atoms with Gasteiger partial charge in [-0.1, -0.05) is 31.7 Å². The lowest BCUT2D eigenvalue weighted by Gasteiger charge is -2.23. The van der Waals surface area contributed by atoms with Crippen LogP contribution in [0.1, 0.15) is 71.0 Å². The second kappa shape index (κ2) is 8.68. The number of aromatic hydroxyl groups is 1. The average Bonchev–Trinajstić information content (AvgIpc) is 3.05. The highest BCUT2D eigenvalue weighted by Gasteiger charge is 2.19. The van der Waals surface area contributed by atoms with E-state index in [1.165, 1.54) is 31.7 Å². The third-order valence-electron chi connectivity index (χ3n) is 4.65. The molecule has 0 radical (unpaired) electrons. The Balaban J connectivity index is 1.86. The number of aliphatic hydroxyl groups is 1. The number of phenols is 1. The van der Waals surface area contributed by atoms with Crippen LogP contribution in [0.25, 0.3) is 0 Å². The highest BCUT2D eigenvalue weighted by atomic mass is 16.5. The van der Waals surface area contributed by atoms with Crippen molar-refractivity contribution in [3.8, 4) is 11.5 Å². The van der Waals surface area contributed by atoms with Crippen molar-refractivity contribution in [2.75, 3.05) is 6.54 Å². The molecule has 2 rings (SSSR count). The number of esters is 1. The highest BCUT2D eigenvalue weighted by molar-refractivity contribution is 5.73. The number of carbonyl (C=O) groups excluding carboxylic acids is 1. The fourth-order valence-corrected chi connectivity index (χ4v) is 3.14. The van der Waals surface area contributed by atoms with Crippen molar-refractivity contribution < 1.29 is 19.7 Å². The van der Waals surface area contributed by atoms with E-state index in [2.05, 4.69) is 5.32 Å². The van der Waals surface area contributed by atoms with E-state index < -0.39 is 6.10 Å². The molecule has 1 atom stereocenters. The maximum Gasteiger partial charge on any atom is 0.311 e. The summed E-state index contributed by atoms with van der Waals surface area (Å²) in [6, 6.07) is 4.67. The Morgan fingerprint density at radius 3 is 2.60 bits per heavy atom. The molecule has 5 heteroatoms. The first kappa shape index (κ1) is 19.7. The summed E-state index contributed by atoms with van der Waals surface area (Å²) in [6.07, 6.45) is 5.42. The Morgan fingerprint density at radius 1 is 1.32 bits per heavy atom. The summed E-state index contributed by atoms with van der Waals surface area (Å²) in [7, 11) is 0. The van der Waals surface area contributed by atoms with E-state index in [-0.39, 0.29) is 23.0 Å². The van der Waals surface area contributed by atoms with Gasteiger partial charge in [0.2, 0.25) is 0 Å². The van der Waals surface area contributed by atoms with Crippen LogP contribution >= 0.6 is 0 Å². The Hall–Kier alpha value is -1.59. The predicted octanol–water partition coefficient (Wildman–Crippen LogP) is 3.69. The van der Waals surface area contributed by atoms with Crippen molar-refractivity contribution >= 4 is 5.97 Å². The lowest BCUT2D eigenvalue weighted by atomic mass is 10.0. The molecule has 1 saturated carbocycles. The molecular formula is C20H31NO4. The first-order valence-electron chi connectivity index (χ1n) is 9.21. The summed E-state index contributed by atoms with van der Waals surface area (Å²) < 4.78 is 5.27. The molecule has 1 unspecified atom stereocenters. The molecule has 3 N–H and O–H groups in total. The zero-order valence-corrected chi connectivity index (χ0v) is 15.5. The van der Waals surface area contributed by atoms with Crippen LogP contribution in [-0.2, 0) is 4.79 Å². The second-order valence-corrected chi connectivity index (χ2v) is 8.04. The molecule has 1 aliphatic rings. The molecular weight excluding hydrogens is 318 g/mol. The number of hydrogen-bond acceptors (Lipinski definition) is 5. The number of ether oxygens (including phenoxy) is 1. The van der Waals surface area contributed by atoms with Gasteiger partial charge in [-0.3, -0.25) is 4.79 Å². The van der Waals surface area contributed by atoms with Crippen LogP contribution in [0.2, 0.25) is 0 Å². The monoisotopic (exact) mass is 349 g/mol. The molecule has 1 fully saturated rings. The van der Waals surface area contributed by atoms with Crippen LogP contribution in [0.4, 0.5) is 0 Å². The number of β-amino-alcohol motifs (C(OH)–C–C–N with tert-alkyl or cyclic N) is 1. The SMILES string of the molecule is CC(C)(C)NCC(O)c1ccc(OC(=O)CCC2CCCC2)c(O)c1. The van der Waals surface area contributed by atoms with Gasteiger partial charge in [0.25, 0.3) is 0 Å². The molecule has 1 aliphatic carbocycles. The molecule has 0 heterocycles. The van der Waals surface area contributed by atoms with Crippen LogP contribution < -0.4 is 10.1 Å². The molecule has 1 aromatic carbocycles. The largest absolute Gasteiger partial charge is 0.504 e. The second-order valence-electron chi connectivity index (χ2n) is 8.04. The molecule has 0 bridgehead atoms. The van der Waals surface area contributed by atoms with Crippen LogP contribution in [-0.4, -0.2) is 28.3 Å². The van der Waals surface area contributed by atoms with Crippen molar-refractivity contribution in [2.45, 2.75) is 70.9 Å². The first-order chi connectivity index (χ1) is 11.7. The van der Waals surface area contributed by atoms with E-state index in [1.807, 2.05) is 20.8 Å². The van der Waals surface area contributed by atoms with Crippen LogP contribution in [0.5, 0.6) is 11.5 Å². The Labute approximate surface area is 150 Å². The van der Waals surface area contributed by atoms with Crippen molar-refractivity contribution in [1.29, 1.82) is 0 Å². The number of carbonyl (C=O) groups is 1. The van der Waals surface area contributed by atoms with Gasteiger partial charge in [0.05, 0.1) is 6.10 Å². The normalized spacial score (nSPS) is 16.8. The van der Waals surface area contributed by atoms with E-state index >= 15 is 0 Å². The fraction of sp³-hybridized carbons (Fsp3) is 0.650. The number of nitrogens with one attached hydrogen (secondary N) is 1. The van der Waals surface area contributed by atoms with Gasteiger partial charge in [-0.2, -0.15) is 0 Å². The quantitative estimate of drug-likeness (QED) is 0.517. The van der Waals surface area contributed by atoms with Crippen molar-refractivity contribution in [3.05, 3.63) is 23.8 Å². The Morgan fingerprint density at radius 2 is 2.00 bits per heavy atom. The zero-order chi connectivity index (χ0) is 18.4. The van der Waals surface area contributed by atoms with E-state index in [9.17, 15) is 15.0 Å². The number of phenolic OH excluding ortho intramolecular Hbond substituents is 1. The van der Waals surface area contributed by atoms with Crippen LogP contribution in [0.3, 0.4) is 0 Å². The van der Waals surface area contributed by atoms with Gasteiger partial charge in [0.15, 0.2) is 11.5 Å². The van der Waals surface area contributed by atoms with Crippen molar-refractivity contribution in [2.24, 2.45) is 5.92 Å². The summed E-state index contributed by atoms with van der Waals surface area (Å²) >= 11 is 0. The van der Waals surface area contributed by atoms with E-state index in [4.69, 9.17) is 4.74 Å². The Bertz CT molecular complexity index is 574. The fourth-order valence-electron chi connectivity index (χ4n) is 3.14. The topological polar surface area (TPSA) is 78.8 Å². The number of aliphatic hydroxyl groups excluding tert-OH is 1. The first-order valence-corrected chi connectivity index (χ1v) is 9.21. The molecule has 0 saturated heterocycles. The van der Waals surface area contributed by atoms with E-state index in [0.29, 0.717) is 24.4 Å².